The summed E-state index contributed by atoms with van der Waals surface area (Å²) >= 11 is 1.66. The van der Waals surface area contributed by atoms with E-state index in [9.17, 15) is 0 Å². The van der Waals surface area contributed by atoms with Crippen LogP contribution in [0.4, 0.5) is 0 Å². The van der Waals surface area contributed by atoms with E-state index in [1.165, 1.54) is 0 Å². The standard InChI is InChI=1S/C25H19N3O2S/c1-17-27-28-25(30-17)23(15-22-6-4-14-31-22)18-9-12-21(13-10-18)29-16-20-11-8-19-5-2-3-7-24(19)26-20/h2-15H,16H2,1H3/b23-15+. The summed E-state index contributed by atoms with van der Waals surface area (Å²) in [5.41, 5.74) is 3.72. The molecule has 0 spiro atoms. The van der Waals surface area contributed by atoms with E-state index in [1.54, 1.807) is 18.3 Å². The topological polar surface area (TPSA) is 61.0 Å². The normalized spacial score (nSPS) is 11.7. The Morgan fingerprint density at radius 3 is 2.61 bits per heavy atom. The van der Waals surface area contributed by atoms with E-state index in [2.05, 4.69) is 39.5 Å². The number of rotatable bonds is 6. The smallest absolute Gasteiger partial charge is 0.248 e. The van der Waals surface area contributed by atoms with E-state index in [-0.39, 0.29) is 0 Å². The van der Waals surface area contributed by atoms with Gasteiger partial charge in [0.1, 0.15) is 12.4 Å². The molecule has 0 atom stereocenters. The molecule has 0 unspecified atom stereocenters. The summed E-state index contributed by atoms with van der Waals surface area (Å²) in [7, 11) is 0. The minimum absolute atomic E-state index is 0.408. The van der Waals surface area contributed by atoms with E-state index < -0.39 is 0 Å². The highest BCUT2D eigenvalue weighted by atomic mass is 32.1. The summed E-state index contributed by atoms with van der Waals surface area (Å²) in [6, 6.07) is 24.1. The fourth-order valence-corrected chi connectivity index (χ4v) is 3.92. The van der Waals surface area contributed by atoms with Gasteiger partial charge in [-0.05, 0) is 47.4 Å². The Balaban J connectivity index is 1.36. The minimum Gasteiger partial charge on any atom is -0.487 e. The first-order valence-corrected chi connectivity index (χ1v) is 10.8. The fraction of sp³-hybridized carbons (Fsp3) is 0.0800. The van der Waals surface area contributed by atoms with E-state index in [1.807, 2.05) is 60.0 Å². The van der Waals surface area contributed by atoms with Gasteiger partial charge in [0.25, 0.3) is 0 Å². The minimum atomic E-state index is 0.408. The van der Waals surface area contributed by atoms with Crippen LogP contribution < -0.4 is 4.74 Å². The molecule has 0 radical (unpaired) electrons. The molecule has 0 amide bonds. The summed E-state index contributed by atoms with van der Waals surface area (Å²) in [5.74, 6) is 1.81. The van der Waals surface area contributed by atoms with Crippen LogP contribution in [0.3, 0.4) is 0 Å². The molecule has 0 bridgehead atoms. The third-order valence-electron chi connectivity index (χ3n) is 4.79. The SMILES string of the molecule is Cc1nnc(/C(=C/c2cccs2)c2ccc(OCc3ccc4ccccc4n3)cc2)o1. The van der Waals surface area contributed by atoms with Gasteiger partial charge in [0.05, 0.1) is 11.2 Å². The second kappa shape index (κ2) is 8.53. The van der Waals surface area contributed by atoms with Crippen molar-refractivity contribution in [3.63, 3.8) is 0 Å². The molecule has 0 aliphatic rings. The maximum atomic E-state index is 5.96. The molecule has 0 N–H and O–H groups in total. The van der Waals surface area contributed by atoms with Gasteiger partial charge >= 0.3 is 0 Å². The van der Waals surface area contributed by atoms with Gasteiger partial charge in [-0.25, -0.2) is 4.98 Å². The number of fused-ring (bicyclic) bond motifs is 1. The van der Waals surface area contributed by atoms with Crippen LogP contribution in [0.2, 0.25) is 0 Å². The zero-order valence-corrected chi connectivity index (χ0v) is 17.7. The molecule has 2 aromatic carbocycles. The summed E-state index contributed by atoms with van der Waals surface area (Å²) < 4.78 is 11.7. The number of nitrogens with zero attached hydrogens (tertiary/aromatic N) is 3. The Kier molecular flexibility index (Phi) is 5.29. The van der Waals surface area contributed by atoms with Gasteiger partial charge in [-0.2, -0.15) is 0 Å². The quantitative estimate of drug-likeness (QED) is 0.326. The number of hydrogen-bond acceptors (Lipinski definition) is 6. The van der Waals surface area contributed by atoms with Crippen LogP contribution in [-0.2, 0) is 6.61 Å². The molecule has 0 saturated heterocycles. The summed E-state index contributed by atoms with van der Waals surface area (Å²) in [5, 5.41) is 11.3. The van der Waals surface area contributed by atoms with Crippen LogP contribution in [0.5, 0.6) is 5.75 Å². The van der Waals surface area contributed by atoms with Crippen molar-refractivity contribution in [1.29, 1.82) is 0 Å². The van der Waals surface area contributed by atoms with Crippen molar-refractivity contribution >= 4 is 33.9 Å². The maximum absolute atomic E-state index is 5.96. The average Bonchev–Trinajstić information content (AvgIpc) is 3.48. The Labute approximate surface area is 183 Å². The van der Waals surface area contributed by atoms with Crippen molar-refractivity contribution in [2.75, 3.05) is 0 Å². The van der Waals surface area contributed by atoms with Crippen LogP contribution in [0.1, 0.15) is 27.9 Å². The number of benzene rings is 2. The summed E-state index contributed by atoms with van der Waals surface area (Å²) in [4.78, 5) is 5.78. The third-order valence-corrected chi connectivity index (χ3v) is 5.61. The molecule has 5 nitrogen and oxygen atoms in total. The maximum Gasteiger partial charge on any atom is 0.248 e. The Hall–Kier alpha value is -3.77. The third kappa shape index (κ3) is 4.39. The summed E-state index contributed by atoms with van der Waals surface area (Å²) in [6.07, 6.45) is 2.06. The molecule has 5 rings (SSSR count). The van der Waals surface area contributed by atoms with Crippen molar-refractivity contribution < 1.29 is 9.15 Å². The van der Waals surface area contributed by atoms with Gasteiger partial charge in [0, 0.05) is 22.8 Å². The lowest BCUT2D eigenvalue weighted by atomic mass is 10.0. The fourth-order valence-electron chi connectivity index (χ4n) is 3.27. The van der Waals surface area contributed by atoms with E-state index in [4.69, 9.17) is 9.15 Å². The van der Waals surface area contributed by atoms with Gasteiger partial charge in [-0.1, -0.05) is 42.5 Å². The summed E-state index contributed by atoms with van der Waals surface area (Å²) in [6.45, 7) is 2.20. The lowest BCUT2D eigenvalue weighted by Crippen LogP contribution is -1.98. The Bertz CT molecular complexity index is 1340. The molecule has 3 aromatic heterocycles. The van der Waals surface area contributed by atoms with Crippen molar-refractivity contribution in [1.82, 2.24) is 15.2 Å². The average molecular weight is 426 g/mol. The monoisotopic (exact) mass is 425 g/mol. The Morgan fingerprint density at radius 2 is 1.84 bits per heavy atom. The molecule has 0 aliphatic heterocycles. The molecule has 0 saturated carbocycles. The largest absolute Gasteiger partial charge is 0.487 e. The molecule has 3 heterocycles. The van der Waals surface area contributed by atoms with Crippen LogP contribution in [0.25, 0.3) is 22.6 Å². The van der Waals surface area contributed by atoms with Crippen LogP contribution in [0, 0.1) is 6.92 Å². The highest BCUT2D eigenvalue weighted by molar-refractivity contribution is 7.10. The molecule has 6 heteroatoms. The van der Waals surface area contributed by atoms with Gasteiger partial charge < -0.3 is 9.15 Å². The van der Waals surface area contributed by atoms with Gasteiger partial charge in [0.15, 0.2) is 0 Å². The van der Waals surface area contributed by atoms with Crippen molar-refractivity contribution in [2.45, 2.75) is 13.5 Å². The van der Waals surface area contributed by atoms with Crippen LogP contribution >= 0.6 is 11.3 Å². The number of pyridine rings is 1. The van der Waals surface area contributed by atoms with Crippen LogP contribution in [-0.4, -0.2) is 15.2 Å². The molecule has 0 fully saturated rings. The predicted octanol–water partition coefficient (Wildman–Crippen LogP) is 6.16. The highest BCUT2D eigenvalue weighted by Gasteiger charge is 2.13. The number of aromatic nitrogens is 3. The highest BCUT2D eigenvalue weighted by Crippen LogP contribution is 2.28. The number of aryl methyl sites for hydroxylation is 1. The number of thiophene rings is 1. The molecule has 152 valence electrons. The molecular formula is C25H19N3O2S. The Morgan fingerprint density at radius 1 is 0.968 bits per heavy atom. The second-order valence-corrected chi connectivity index (χ2v) is 7.99. The van der Waals surface area contributed by atoms with E-state index in [0.29, 0.717) is 18.4 Å². The van der Waals surface area contributed by atoms with Crippen molar-refractivity contribution in [3.8, 4) is 5.75 Å². The first-order chi connectivity index (χ1) is 15.2. The first kappa shape index (κ1) is 19.2. The van der Waals surface area contributed by atoms with E-state index in [0.717, 1.165) is 38.4 Å². The lowest BCUT2D eigenvalue weighted by Gasteiger charge is -2.08. The van der Waals surface area contributed by atoms with Gasteiger partial charge in [0.2, 0.25) is 11.8 Å². The van der Waals surface area contributed by atoms with Gasteiger partial charge in [-0.3, -0.25) is 0 Å². The zero-order chi connectivity index (χ0) is 21.0. The first-order valence-electron chi connectivity index (χ1n) is 9.88. The molecular weight excluding hydrogens is 406 g/mol. The number of para-hydroxylation sites is 1. The van der Waals surface area contributed by atoms with E-state index >= 15 is 0 Å². The predicted molar refractivity (Wildman–Crippen MR) is 123 cm³/mol. The lowest BCUT2D eigenvalue weighted by molar-refractivity contribution is 0.302. The number of hydrogen-bond donors (Lipinski definition) is 0. The molecule has 5 aromatic rings. The van der Waals surface area contributed by atoms with Crippen molar-refractivity contribution in [3.05, 3.63) is 106 Å². The molecule has 0 aliphatic carbocycles. The van der Waals surface area contributed by atoms with Crippen molar-refractivity contribution in [2.24, 2.45) is 0 Å². The van der Waals surface area contributed by atoms with Crippen LogP contribution in [0.15, 0.2) is 82.6 Å². The second-order valence-electron chi connectivity index (χ2n) is 7.01. The number of ether oxygens (including phenoxy) is 1. The zero-order valence-electron chi connectivity index (χ0n) is 16.9. The molecule has 31 heavy (non-hydrogen) atoms. The van der Waals surface area contributed by atoms with Gasteiger partial charge in [-0.15, -0.1) is 21.5 Å².